The molecule has 0 heterocycles. The zero-order valence-electron chi connectivity index (χ0n) is 11.9. The minimum atomic E-state index is 0.232. The van der Waals surface area contributed by atoms with Crippen LogP contribution in [-0.2, 0) is 6.42 Å². The number of hydrogen-bond acceptors (Lipinski definition) is 2. The van der Waals surface area contributed by atoms with E-state index in [1.54, 1.807) is 0 Å². The minimum absolute atomic E-state index is 0.232. The van der Waals surface area contributed by atoms with Gasteiger partial charge in [0.25, 0.3) is 0 Å². The summed E-state index contributed by atoms with van der Waals surface area (Å²) >= 11 is 3.49. The second kappa shape index (κ2) is 6.91. The van der Waals surface area contributed by atoms with Crippen LogP contribution in [0.3, 0.4) is 0 Å². The lowest BCUT2D eigenvalue weighted by atomic mass is 10.0. The molecular weight excluding hydrogens is 314 g/mol. The topological polar surface area (TPSA) is 35.2 Å². The van der Waals surface area contributed by atoms with Crippen LogP contribution < -0.4 is 10.5 Å². The summed E-state index contributed by atoms with van der Waals surface area (Å²) in [6, 6.07) is 14.4. The molecule has 2 N–H and O–H groups in total. The van der Waals surface area contributed by atoms with Gasteiger partial charge in [0.1, 0.15) is 11.5 Å². The molecule has 0 saturated heterocycles. The fourth-order valence-corrected chi connectivity index (χ4v) is 2.20. The van der Waals surface area contributed by atoms with Gasteiger partial charge in [-0.3, -0.25) is 0 Å². The lowest BCUT2D eigenvalue weighted by Gasteiger charge is -2.10. The molecule has 2 aromatic carbocycles. The smallest absolute Gasteiger partial charge is 0.127 e. The average Bonchev–Trinajstić information content (AvgIpc) is 2.45. The molecule has 3 heteroatoms. The Labute approximate surface area is 129 Å². The van der Waals surface area contributed by atoms with Crippen molar-refractivity contribution in [3.05, 3.63) is 58.1 Å². The SMILES string of the molecule is CCC(N)Cc1ccc(Oc2ccc(Br)c(C)c2)cc1. The fourth-order valence-electron chi connectivity index (χ4n) is 1.96. The first-order valence-electron chi connectivity index (χ1n) is 6.87. The first kappa shape index (κ1) is 15.1. The Balaban J connectivity index is 2.04. The van der Waals surface area contributed by atoms with Gasteiger partial charge in [-0.15, -0.1) is 0 Å². The van der Waals surface area contributed by atoms with E-state index in [-0.39, 0.29) is 6.04 Å². The average molecular weight is 334 g/mol. The van der Waals surface area contributed by atoms with Gasteiger partial charge in [-0.25, -0.2) is 0 Å². The van der Waals surface area contributed by atoms with E-state index in [1.807, 2.05) is 37.3 Å². The van der Waals surface area contributed by atoms with Crippen LogP contribution in [0.4, 0.5) is 0 Å². The molecule has 0 radical (unpaired) electrons. The monoisotopic (exact) mass is 333 g/mol. The molecule has 0 bridgehead atoms. The highest BCUT2D eigenvalue weighted by Crippen LogP contribution is 2.26. The maximum atomic E-state index is 5.96. The summed E-state index contributed by atoms with van der Waals surface area (Å²) in [6.45, 7) is 4.16. The van der Waals surface area contributed by atoms with Gasteiger partial charge in [-0.1, -0.05) is 35.0 Å². The van der Waals surface area contributed by atoms with Crippen LogP contribution in [0.25, 0.3) is 0 Å². The van der Waals surface area contributed by atoms with E-state index in [0.717, 1.165) is 34.4 Å². The summed E-state index contributed by atoms with van der Waals surface area (Å²) in [5.41, 5.74) is 8.37. The van der Waals surface area contributed by atoms with Gasteiger partial charge in [0.05, 0.1) is 0 Å². The summed E-state index contributed by atoms with van der Waals surface area (Å²) in [5.74, 6) is 1.70. The van der Waals surface area contributed by atoms with E-state index in [9.17, 15) is 0 Å². The predicted octanol–water partition coefficient (Wildman–Crippen LogP) is 4.83. The van der Waals surface area contributed by atoms with E-state index in [1.165, 1.54) is 5.56 Å². The number of halogens is 1. The number of benzene rings is 2. The first-order valence-corrected chi connectivity index (χ1v) is 7.66. The lowest BCUT2D eigenvalue weighted by Crippen LogP contribution is -2.21. The zero-order chi connectivity index (χ0) is 14.5. The van der Waals surface area contributed by atoms with Crippen LogP contribution in [0.15, 0.2) is 46.9 Å². The number of nitrogens with two attached hydrogens (primary N) is 1. The Kier molecular flexibility index (Phi) is 5.21. The Morgan fingerprint density at radius 2 is 1.75 bits per heavy atom. The Morgan fingerprint density at radius 1 is 1.10 bits per heavy atom. The van der Waals surface area contributed by atoms with E-state index in [0.29, 0.717) is 0 Å². The maximum absolute atomic E-state index is 5.96. The van der Waals surface area contributed by atoms with Gasteiger partial charge < -0.3 is 10.5 Å². The van der Waals surface area contributed by atoms with Crippen LogP contribution >= 0.6 is 15.9 Å². The molecule has 2 nitrogen and oxygen atoms in total. The molecule has 0 aliphatic carbocycles. The highest BCUT2D eigenvalue weighted by Gasteiger charge is 2.03. The number of aryl methyl sites for hydroxylation is 1. The van der Waals surface area contributed by atoms with Gasteiger partial charge in [0.15, 0.2) is 0 Å². The van der Waals surface area contributed by atoms with Gasteiger partial charge in [-0.2, -0.15) is 0 Å². The molecule has 1 atom stereocenters. The van der Waals surface area contributed by atoms with Crippen molar-refractivity contribution in [1.29, 1.82) is 0 Å². The highest BCUT2D eigenvalue weighted by atomic mass is 79.9. The van der Waals surface area contributed by atoms with Crippen LogP contribution in [0.1, 0.15) is 24.5 Å². The molecule has 0 fully saturated rings. The summed E-state index contributed by atoms with van der Waals surface area (Å²) in [7, 11) is 0. The van der Waals surface area contributed by atoms with Crippen molar-refractivity contribution in [3.8, 4) is 11.5 Å². The molecule has 1 unspecified atom stereocenters. The van der Waals surface area contributed by atoms with E-state index in [4.69, 9.17) is 10.5 Å². The zero-order valence-corrected chi connectivity index (χ0v) is 13.5. The van der Waals surface area contributed by atoms with Crippen LogP contribution in [-0.4, -0.2) is 6.04 Å². The van der Waals surface area contributed by atoms with Crippen molar-refractivity contribution in [2.24, 2.45) is 5.73 Å². The Morgan fingerprint density at radius 3 is 2.35 bits per heavy atom. The normalized spacial score (nSPS) is 12.2. The van der Waals surface area contributed by atoms with E-state index < -0.39 is 0 Å². The largest absolute Gasteiger partial charge is 0.457 e. The summed E-state index contributed by atoms with van der Waals surface area (Å²) in [4.78, 5) is 0. The second-order valence-corrected chi connectivity index (χ2v) is 5.88. The first-order chi connectivity index (χ1) is 9.58. The van der Waals surface area contributed by atoms with Crippen molar-refractivity contribution in [3.63, 3.8) is 0 Å². The van der Waals surface area contributed by atoms with E-state index >= 15 is 0 Å². The van der Waals surface area contributed by atoms with Crippen molar-refractivity contribution in [2.75, 3.05) is 0 Å². The van der Waals surface area contributed by atoms with Crippen LogP contribution in [0, 0.1) is 6.92 Å². The molecule has 0 amide bonds. The van der Waals surface area contributed by atoms with Crippen molar-refractivity contribution in [1.82, 2.24) is 0 Å². The molecule has 2 rings (SSSR count). The van der Waals surface area contributed by atoms with Gasteiger partial charge in [-0.05, 0) is 61.2 Å². The third-order valence-electron chi connectivity index (χ3n) is 3.31. The third-order valence-corrected chi connectivity index (χ3v) is 4.20. The molecule has 2 aromatic rings. The quantitative estimate of drug-likeness (QED) is 0.850. The van der Waals surface area contributed by atoms with E-state index in [2.05, 4.69) is 35.0 Å². The molecule has 0 aromatic heterocycles. The highest BCUT2D eigenvalue weighted by molar-refractivity contribution is 9.10. The fraction of sp³-hybridized carbons (Fsp3) is 0.294. The van der Waals surface area contributed by atoms with Crippen molar-refractivity contribution in [2.45, 2.75) is 32.7 Å². The molecule has 0 aliphatic heterocycles. The number of hydrogen-bond donors (Lipinski definition) is 1. The standard InChI is InChI=1S/C17H20BrNO/c1-3-14(19)11-13-4-6-15(7-5-13)20-16-8-9-17(18)12(2)10-16/h4-10,14H,3,11,19H2,1-2H3. The van der Waals surface area contributed by atoms with Crippen molar-refractivity contribution < 1.29 is 4.74 Å². The second-order valence-electron chi connectivity index (χ2n) is 5.03. The van der Waals surface area contributed by atoms with Gasteiger partial charge in [0, 0.05) is 10.5 Å². The molecular formula is C17H20BrNO. The molecule has 0 aliphatic rings. The summed E-state index contributed by atoms with van der Waals surface area (Å²) < 4.78 is 6.94. The number of rotatable bonds is 5. The van der Waals surface area contributed by atoms with Gasteiger partial charge >= 0.3 is 0 Å². The third kappa shape index (κ3) is 4.09. The summed E-state index contributed by atoms with van der Waals surface area (Å²) in [6.07, 6.45) is 1.91. The Bertz CT molecular complexity index is 566. The maximum Gasteiger partial charge on any atom is 0.127 e. The minimum Gasteiger partial charge on any atom is -0.457 e. The molecule has 106 valence electrons. The number of ether oxygens (including phenoxy) is 1. The van der Waals surface area contributed by atoms with Crippen LogP contribution in [0.5, 0.6) is 11.5 Å². The summed E-state index contributed by atoms with van der Waals surface area (Å²) in [5, 5.41) is 0. The van der Waals surface area contributed by atoms with Crippen LogP contribution in [0.2, 0.25) is 0 Å². The van der Waals surface area contributed by atoms with Crippen molar-refractivity contribution >= 4 is 15.9 Å². The Hall–Kier alpha value is -1.32. The lowest BCUT2D eigenvalue weighted by molar-refractivity contribution is 0.482. The molecule has 0 saturated carbocycles. The van der Waals surface area contributed by atoms with Gasteiger partial charge in [0.2, 0.25) is 0 Å². The molecule has 20 heavy (non-hydrogen) atoms. The predicted molar refractivity (Wildman–Crippen MR) is 87.4 cm³/mol. The molecule has 0 spiro atoms.